The van der Waals surface area contributed by atoms with Gasteiger partial charge in [-0.3, -0.25) is 0 Å². The second kappa shape index (κ2) is 12.9. The molecule has 0 nitrogen and oxygen atoms in total. The summed E-state index contributed by atoms with van der Waals surface area (Å²) in [6, 6.07) is 18.7. The summed E-state index contributed by atoms with van der Waals surface area (Å²) < 4.78 is 0. The minimum Gasteiger partial charge on any atom is -0.0654 e. The highest BCUT2D eigenvalue weighted by Crippen LogP contribution is 2.44. The Labute approximate surface area is 181 Å². The van der Waals surface area contributed by atoms with Gasteiger partial charge in [0.15, 0.2) is 0 Å². The first-order valence-corrected chi connectivity index (χ1v) is 12.4. The van der Waals surface area contributed by atoms with Gasteiger partial charge in [0.1, 0.15) is 0 Å². The van der Waals surface area contributed by atoms with E-state index in [1.165, 1.54) is 82.6 Å². The lowest BCUT2D eigenvalue weighted by Crippen LogP contribution is -2.30. The summed E-state index contributed by atoms with van der Waals surface area (Å²) in [6.07, 6.45) is 15.3. The minimum atomic E-state index is 0.165. The highest BCUT2D eigenvalue weighted by molar-refractivity contribution is 5.47. The van der Waals surface area contributed by atoms with Crippen molar-refractivity contribution in [1.29, 1.82) is 0 Å². The van der Waals surface area contributed by atoms with Gasteiger partial charge in [-0.2, -0.15) is 0 Å². The van der Waals surface area contributed by atoms with E-state index in [0.717, 1.165) is 0 Å². The number of unbranched alkanes of at least 4 members (excludes halogenated alkanes) is 4. The zero-order chi connectivity index (χ0) is 21.0. The number of benzene rings is 2. The lowest BCUT2D eigenvalue weighted by Gasteiger charge is -2.38. The molecule has 0 fully saturated rings. The van der Waals surface area contributed by atoms with Gasteiger partial charge < -0.3 is 0 Å². The molecule has 0 aliphatic carbocycles. The normalized spacial score (nSPS) is 11.7. The van der Waals surface area contributed by atoms with Crippen molar-refractivity contribution in [3.8, 4) is 0 Å². The second-order valence-corrected chi connectivity index (χ2v) is 8.81. The highest BCUT2D eigenvalue weighted by atomic mass is 14.4. The van der Waals surface area contributed by atoms with Crippen LogP contribution < -0.4 is 0 Å². The van der Waals surface area contributed by atoms with E-state index in [4.69, 9.17) is 0 Å². The van der Waals surface area contributed by atoms with Gasteiger partial charge in [0.05, 0.1) is 0 Å². The standard InChI is InChI=1S/C29H44/c1-5-9-17-25-18-16-22-28(27(25)21-10-6-2)29(23-11-7-3,24-12-8-4)26-19-14-13-15-20-26/h13-16,18-20,22H,5-12,17,21,23-24H2,1-4H3. The van der Waals surface area contributed by atoms with E-state index in [-0.39, 0.29) is 5.41 Å². The molecule has 0 spiro atoms. The zero-order valence-corrected chi connectivity index (χ0v) is 19.6. The zero-order valence-electron chi connectivity index (χ0n) is 19.6. The smallest absolute Gasteiger partial charge is 0.0205 e. The largest absolute Gasteiger partial charge is 0.0654 e. The Morgan fingerprint density at radius 1 is 0.586 bits per heavy atom. The Morgan fingerprint density at radius 3 is 1.76 bits per heavy atom. The van der Waals surface area contributed by atoms with Crippen LogP contribution in [0.4, 0.5) is 0 Å². The second-order valence-electron chi connectivity index (χ2n) is 8.81. The molecular weight excluding hydrogens is 348 g/mol. The van der Waals surface area contributed by atoms with E-state index in [9.17, 15) is 0 Å². The molecule has 0 bridgehead atoms. The number of rotatable bonds is 14. The number of hydrogen-bond acceptors (Lipinski definition) is 0. The molecule has 0 saturated carbocycles. The van der Waals surface area contributed by atoms with E-state index in [2.05, 4.69) is 76.2 Å². The van der Waals surface area contributed by atoms with E-state index in [0.29, 0.717) is 0 Å². The Morgan fingerprint density at radius 2 is 1.17 bits per heavy atom. The molecule has 160 valence electrons. The van der Waals surface area contributed by atoms with Gasteiger partial charge in [0.25, 0.3) is 0 Å². The first kappa shape index (κ1) is 23.7. The van der Waals surface area contributed by atoms with Crippen LogP contribution in [0.2, 0.25) is 0 Å². The lowest BCUT2D eigenvalue weighted by atomic mass is 9.65. The molecule has 0 aliphatic rings. The van der Waals surface area contributed by atoms with Crippen molar-refractivity contribution in [2.45, 2.75) is 110 Å². The van der Waals surface area contributed by atoms with Crippen molar-refractivity contribution >= 4 is 0 Å². The Bertz CT molecular complexity index is 674. The molecular formula is C29H44. The van der Waals surface area contributed by atoms with Crippen molar-refractivity contribution < 1.29 is 0 Å². The topological polar surface area (TPSA) is 0 Å². The average Bonchev–Trinajstić information content (AvgIpc) is 2.77. The quantitative estimate of drug-likeness (QED) is 0.301. The molecule has 0 amide bonds. The van der Waals surface area contributed by atoms with E-state index < -0.39 is 0 Å². The van der Waals surface area contributed by atoms with E-state index in [1.807, 2.05) is 0 Å². The molecule has 0 saturated heterocycles. The Balaban J connectivity index is 2.66. The molecule has 0 aliphatic heterocycles. The predicted octanol–water partition coefficient (Wildman–Crippen LogP) is 9.04. The summed E-state index contributed by atoms with van der Waals surface area (Å²) in [4.78, 5) is 0. The van der Waals surface area contributed by atoms with E-state index in [1.54, 1.807) is 16.7 Å². The SMILES string of the molecule is CCCCc1cccc(C(CCCC)(CCCC)c2ccccc2)c1CCCC. The molecule has 0 heterocycles. The number of aryl methyl sites for hydroxylation is 1. The molecule has 29 heavy (non-hydrogen) atoms. The molecule has 0 aromatic heterocycles. The Hall–Kier alpha value is -1.56. The predicted molar refractivity (Wildman–Crippen MR) is 130 cm³/mol. The third-order valence-electron chi connectivity index (χ3n) is 6.61. The lowest BCUT2D eigenvalue weighted by molar-refractivity contribution is 0.402. The summed E-state index contributed by atoms with van der Waals surface area (Å²) in [5.41, 5.74) is 6.64. The van der Waals surface area contributed by atoms with Crippen LogP contribution in [0.15, 0.2) is 48.5 Å². The van der Waals surface area contributed by atoms with Crippen LogP contribution in [0.1, 0.15) is 114 Å². The first-order valence-electron chi connectivity index (χ1n) is 12.4. The van der Waals surface area contributed by atoms with Gasteiger partial charge in [-0.1, -0.05) is 115 Å². The maximum absolute atomic E-state index is 2.48. The molecule has 0 radical (unpaired) electrons. The van der Waals surface area contributed by atoms with Gasteiger partial charge in [-0.05, 0) is 60.8 Å². The van der Waals surface area contributed by atoms with Crippen LogP contribution in [-0.4, -0.2) is 0 Å². The fourth-order valence-electron chi connectivity index (χ4n) is 4.89. The number of hydrogen-bond donors (Lipinski definition) is 0. The summed E-state index contributed by atoms with van der Waals surface area (Å²) in [7, 11) is 0. The van der Waals surface area contributed by atoms with Crippen LogP contribution >= 0.6 is 0 Å². The Kier molecular flexibility index (Phi) is 10.5. The summed E-state index contributed by atoms with van der Waals surface area (Å²) in [5.74, 6) is 0. The molecule has 2 aromatic carbocycles. The molecule has 2 aromatic rings. The van der Waals surface area contributed by atoms with Crippen LogP contribution in [0.5, 0.6) is 0 Å². The van der Waals surface area contributed by atoms with Crippen LogP contribution in [0, 0.1) is 0 Å². The summed E-state index contributed by atoms with van der Waals surface area (Å²) in [6.45, 7) is 9.32. The maximum atomic E-state index is 2.48. The summed E-state index contributed by atoms with van der Waals surface area (Å²) in [5, 5.41) is 0. The van der Waals surface area contributed by atoms with Gasteiger partial charge in [-0.25, -0.2) is 0 Å². The van der Waals surface area contributed by atoms with Crippen LogP contribution in [0.3, 0.4) is 0 Å². The van der Waals surface area contributed by atoms with Gasteiger partial charge in [0.2, 0.25) is 0 Å². The molecule has 0 N–H and O–H groups in total. The van der Waals surface area contributed by atoms with Gasteiger partial charge in [-0.15, -0.1) is 0 Å². The molecule has 2 rings (SSSR count). The first-order chi connectivity index (χ1) is 14.2. The van der Waals surface area contributed by atoms with Crippen molar-refractivity contribution in [2.24, 2.45) is 0 Å². The van der Waals surface area contributed by atoms with Gasteiger partial charge in [0, 0.05) is 5.41 Å². The minimum absolute atomic E-state index is 0.165. The molecule has 0 atom stereocenters. The van der Waals surface area contributed by atoms with E-state index >= 15 is 0 Å². The van der Waals surface area contributed by atoms with Crippen molar-refractivity contribution in [3.05, 3.63) is 70.8 Å². The highest BCUT2D eigenvalue weighted by Gasteiger charge is 2.35. The fraction of sp³-hybridized carbons (Fsp3) is 0.586. The van der Waals surface area contributed by atoms with Gasteiger partial charge >= 0.3 is 0 Å². The average molecular weight is 393 g/mol. The maximum Gasteiger partial charge on any atom is 0.0205 e. The van der Waals surface area contributed by atoms with Crippen molar-refractivity contribution in [2.75, 3.05) is 0 Å². The van der Waals surface area contributed by atoms with Crippen molar-refractivity contribution in [1.82, 2.24) is 0 Å². The third kappa shape index (κ3) is 6.21. The monoisotopic (exact) mass is 392 g/mol. The fourth-order valence-corrected chi connectivity index (χ4v) is 4.89. The summed E-state index contributed by atoms with van der Waals surface area (Å²) >= 11 is 0. The van der Waals surface area contributed by atoms with Crippen LogP contribution in [0.25, 0.3) is 0 Å². The van der Waals surface area contributed by atoms with Crippen molar-refractivity contribution in [3.63, 3.8) is 0 Å². The van der Waals surface area contributed by atoms with Crippen LogP contribution in [-0.2, 0) is 18.3 Å². The third-order valence-corrected chi connectivity index (χ3v) is 6.61. The molecule has 0 heteroatoms. The molecule has 0 unspecified atom stereocenters.